The van der Waals surface area contributed by atoms with Crippen LogP contribution in [0.2, 0.25) is 0 Å². The highest BCUT2D eigenvalue weighted by Gasteiger charge is 2.32. The van der Waals surface area contributed by atoms with Gasteiger partial charge in [-0.1, -0.05) is 11.6 Å². The van der Waals surface area contributed by atoms with Crippen LogP contribution in [0.15, 0.2) is 11.6 Å². The van der Waals surface area contributed by atoms with E-state index in [2.05, 4.69) is 11.4 Å². The van der Waals surface area contributed by atoms with E-state index in [1.54, 1.807) is 4.90 Å². The van der Waals surface area contributed by atoms with E-state index in [0.29, 0.717) is 26.1 Å². The summed E-state index contributed by atoms with van der Waals surface area (Å²) < 4.78 is 22.7. The number of nitrogens with zero attached hydrogens (tertiary/aromatic N) is 1. The van der Waals surface area contributed by atoms with Gasteiger partial charge in [0, 0.05) is 25.9 Å². The molecule has 104 valence electrons. The summed E-state index contributed by atoms with van der Waals surface area (Å²) in [6.07, 6.45) is 4.63. The molecule has 2 amide bonds. The van der Waals surface area contributed by atoms with Crippen molar-refractivity contribution in [1.82, 2.24) is 10.2 Å². The Morgan fingerprint density at radius 2 is 2.11 bits per heavy atom. The molecule has 1 saturated heterocycles. The monoisotopic (exact) mass is 274 g/mol. The molecule has 1 aliphatic rings. The largest absolute Gasteiger partial charge is 0.338 e. The number of likely N-dealkylation sites (tertiary alicyclic amines) is 1. The third-order valence-electron chi connectivity index (χ3n) is 3.01. The minimum Gasteiger partial charge on any atom is -0.338 e. The molecule has 0 aromatic carbocycles. The van der Waals surface area contributed by atoms with Gasteiger partial charge in [-0.15, -0.1) is 0 Å². The maximum absolute atomic E-state index is 11.8. The molecule has 1 heterocycles. The Bertz CT molecular complexity index is 425. The van der Waals surface area contributed by atoms with Gasteiger partial charge >= 0.3 is 6.03 Å². The summed E-state index contributed by atoms with van der Waals surface area (Å²) >= 11 is 0. The lowest BCUT2D eigenvalue weighted by Gasteiger charge is -2.16. The van der Waals surface area contributed by atoms with Gasteiger partial charge in [-0.3, -0.25) is 0 Å². The molecule has 0 unspecified atom stereocenters. The summed E-state index contributed by atoms with van der Waals surface area (Å²) in [4.78, 5) is 13.3. The Morgan fingerprint density at radius 1 is 1.44 bits per heavy atom. The zero-order valence-electron chi connectivity index (χ0n) is 11.3. The molecule has 1 aliphatic heterocycles. The second kappa shape index (κ2) is 6.22. The Morgan fingerprint density at radius 3 is 2.61 bits per heavy atom. The molecule has 1 N–H and O–H groups in total. The first-order valence-corrected chi connectivity index (χ1v) is 8.11. The molecule has 6 heteroatoms. The Balaban J connectivity index is 2.35. The van der Waals surface area contributed by atoms with Gasteiger partial charge in [0.25, 0.3) is 0 Å². The van der Waals surface area contributed by atoms with Crippen LogP contribution < -0.4 is 5.32 Å². The number of urea groups is 1. The van der Waals surface area contributed by atoms with Crippen LogP contribution in [0.25, 0.3) is 0 Å². The van der Waals surface area contributed by atoms with Gasteiger partial charge < -0.3 is 10.2 Å². The molecule has 1 atom stereocenters. The second-order valence-electron chi connectivity index (χ2n) is 4.99. The average molecular weight is 274 g/mol. The summed E-state index contributed by atoms with van der Waals surface area (Å²) in [6.45, 7) is 5.45. The lowest BCUT2D eigenvalue weighted by molar-refractivity contribution is 0.209. The maximum atomic E-state index is 11.8. The molecule has 5 nitrogen and oxygen atoms in total. The first-order chi connectivity index (χ1) is 8.30. The molecule has 0 aromatic rings. The number of carbonyl (C=O) groups excluding carboxylic acids is 1. The van der Waals surface area contributed by atoms with Crippen molar-refractivity contribution in [3.05, 3.63) is 11.6 Å². The first kappa shape index (κ1) is 15.0. The number of carbonyl (C=O) groups is 1. The van der Waals surface area contributed by atoms with E-state index in [1.165, 1.54) is 11.8 Å². The van der Waals surface area contributed by atoms with Crippen LogP contribution in [0, 0.1) is 0 Å². The normalized spacial score (nSPS) is 19.7. The second-order valence-corrected chi connectivity index (χ2v) is 7.31. The quantitative estimate of drug-likeness (QED) is 0.618. The van der Waals surface area contributed by atoms with Crippen LogP contribution in [-0.4, -0.2) is 50.5 Å². The van der Waals surface area contributed by atoms with Gasteiger partial charge in [0.1, 0.15) is 0 Å². The number of hydrogen-bond donors (Lipinski definition) is 1. The lowest BCUT2D eigenvalue weighted by atomic mass is 10.3. The summed E-state index contributed by atoms with van der Waals surface area (Å²) in [5.41, 5.74) is 1.22. The average Bonchev–Trinajstić information content (AvgIpc) is 2.72. The maximum Gasteiger partial charge on any atom is 0.317 e. The van der Waals surface area contributed by atoms with Gasteiger partial charge in [0.15, 0.2) is 9.84 Å². The van der Waals surface area contributed by atoms with Gasteiger partial charge in [-0.2, -0.15) is 0 Å². The van der Waals surface area contributed by atoms with Gasteiger partial charge in [-0.05, 0) is 26.7 Å². The zero-order valence-corrected chi connectivity index (χ0v) is 12.1. The van der Waals surface area contributed by atoms with Crippen molar-refractivity contribution in [1.29, 1.82) is 0 Å². The fraction of sp³-hybridized carbons (Fsp3) is 0.750. The first-order valence-electron chi connectivity index (χ1n) is 6.15. The van der Waals surface area contributed by atoms with Gasteiger partial charge in [0.05, 0.1) is 5.25 Å². The van der Waals surface area contributed by atoms with E-state index in [-0.39, 0.29) is 6.03 Å². The highest BCUT2D eigenvalue weighted by atomic mass is 32.2. The predicted octanol–water partition coefficient (Wildman–Crippen LogP) is 1.17. The van der Waals surface area contributed by atoms with Crippen molar-refractivity contribution in [3.8, 4) is 0 Å². The predicted molar refractivity (Wildman–Crippen MR) is 72.3 cm³/mol. The highest BCUT2D eigenvalue weighted by Crippen LogP contribution is 2.15. The Kier molecular flexibility index (Phi) is 5.19. The van der Waals surface area contributed by atoms with Crippen molar-refractivity contribution in [2.45, 2.75) is 31.9 Å². The number of amides is 2. The van der Waals surface area contributed by atoms with E-state index in [0.717, 1.165) is 6.42 Å². The van der Waals surface area contributed by atoms with Crippen LogP contribution in [0.5, 0.6) is 0 Å². The third kappa shape index (κ3) is 4.68. The lowest BCUT2D eigenvalue weighted by Crippen LogP contribution is -2.39. The van der Waals surface area contributed by atoms with Crippen LogP contribution in [-0.2, 0) is 9.84 Å². The standard InChI is InChI=1S/C12H22N2O3S/c1-10(2)5-4-7-13-12(15)14-8-6-11(9-14)18(3,16)17/h5,11H,4,6-9H2,1-3H3,(H,13,15)/t11-/m1/s1. The van der Waals surface area contributed by atoms with Gasteiger partial charge in [-0.25, -0.2) is 13.2 Å². The van der Waals surface area contributed by atoms with E-state index >= 15 is 0 Å². The van der Waals surface area contributed by atoms with Crippen LogP contribution in [0.4, 0.5) is 4.79 Å². The minimum absolute atomic E-state index is 0.164. The van der Waals surface area contributed by atoms with Crippen LogP contribution >= 0.6 is 0 Å². The van der Waals surface area contributed by atoms with Crippen LogP contribution in [0.3, 0.4) is 0 Å². The SMILES string of the molecule is CC(C)=CCCNC(=O)N1CC[C@@H](S(C)(=O)=O)C1. The highest BCUT2D eigenvalue weighted by molar-refractivity contribution is 7.91. The minimum atomic E-state index is -3.04. The summed E-state index contributed by atoms with van der Waals surface area (Å²) in [5.74, 6) is 0. The van der Waals surface area contributed by atoms with Crippen molar-refractivity contribution < 1.29 is 13.2 Å². The number of rotatable bonds is 4. The van der Waals surface area contributed by atoms with E-state index in [9.17, 15) is 13.2 Å². The van der Waals surface area contributed by atoms with E-state index in [4.69, 9.17) is 0 Å². The molecule has 0 saturated carbocycles. The van der Waals surface area contributed by atoms with Gasteiger partial charge in [0.2, 0.25) is 0 Å². The summed E-state index contributed by atoms with van der Waals surface area (Å²) in [5, 5.41) is 2.40. The van der Waals surface area contributed by atoms with Crippen molar-refractivity contribution in [2.24, 2.45) is 0 Å². The number of hydrogen-bond acceptors (Lipinski definition) is 3. The van der Waals surface area contributed by atoms with Crippen molar-refractivity contribution >= 4 is 15.9 Å². The molecule has 0 spiro atoms. The molecular formula is C12H22N2O3S. The molecule has 18 heavy (non-hydrogen) atoms. The third-order valence-corrected chi connectivity index (χ3v) is 4.61. The molecule has 0 radical (unpaired) electrons. The summed E-state index contributed by atoms with van der Waals surface area (Å²) in [6, 6.07) is -0.164. The molecule has 0 aliphatic carbocycles. The van der Waals surface area contributed by atoms with E-state index in [1.807, 2.05) is 13.8 Å². The molecule has 1 rings (SSSR count). The van der Waals surface area contributed by atoms with E-state index < -0.39 is 15.1 Å². The molecular weight excluding hydrogens is 252 g/mol. The van der Waals surface area contributed by atoms with Crippen molar-refractivity contribution in [2.75, 3.05) is 25.9 Å². The Hall–Kier alpha value is -1.04. The summed E-state index contributed by atoms with van der Waals surface area (Å²) in [7, 11) is -3.04. The molecule has 1 fully saturated rings. The fourth-order valence-corrected chi connectivity index (χ4v) is 2.90. The number of sulfone groups is 1. The molecule has 0 bridgehead atoms. The fourth-order valence-electron chi connectivity index (χ4n) is 1.91. The zero-order chi connectivity index (χ0) is 13.8. The number of allylic oxidation sites excluding steroid dienone is 1. The smallest absolute Gasteiger partial charge is 0.317 e. The molecule has 0 aromatic heterocycles. The van der Waals surface area contributed by atoms with Crippen LogP contribution in [0.1, 0.15) is 26.7 Å². The Labute approximate surface area is 109 Å². The topological polar surface area (TPSA) is 66.5 Å². The number of nitrogens with one attached hydrogen (secondary N) is 1. The van der Waals surface area contributed by atoms with Crippen molar-refractivity contribution in [3.63, 3.8) is 0 Å².